The molecule has 8 heteroatoms. The van der Waals surface area contributed by atoms with Gasteiger partial charge in [-0.3, -0.25) is 4.79 Å². The van der Waals surface area contributed by atoms with Gasteiger partial charge in [-0.15, -0.1) is 0 Å². The molecule has 1 aliphatic heterocycles. The van der Waals surface area contributed by atoms with Crippen LogP contribution in [0.4, 0.5) is 10.1 Å². The summed E-state index contributed by atoms with van der Waals surface area (Å²) in [6.45, 7) is 2.71. The number of rotatable bonds is 5. The molecule has 138 valence electrons. The smallest absolute Gasteiger partial charge is 0.239 e. The fourth-order valence-corrected chi connectivity index (χ4v) is 3.53. The SMILES string of the molecule is Cc1ccc(CNC(=O)CN2CCc3cc(S(N)(=O)=O)ccc32)cc1F. The van der Waals surface area contributed by atoms with Gasteiger partial charge in [0.1, 0.15) is 5.82 Å². The molecule has 1 amide bonds. The maximum Gasteiger partial charge on any atom is 0.239 e. The fourth-order valence-electron chi connectivity index (χ4n) is 2.96. The van der Waals surface area contributed by atoms with Gasteiger partial charge in [-0.2, -0.15) is 0 Å². The first-order chi connectivity index (χ1) is 12.2. The van der Waals surface area contributed by atoms with Crippen molar-refractivity contribution in [3.8, 4) is 0 Å². The second-order valence-electron chi connectivity index (χ2n) is 6.37. The number of fused-ring (bicyclic) bond motifs is 1. The van der Waals surface area contributed by atoms with Crippen LogP contribution in [0.25, 0.3) is 0 Å². The van der Waals surface area contributed by atoms with Crippen LogP contribution in [0.15, 0.2) is 41.3 Å². The van der Waals surface area contributed by atoms with E-state index in [1.54, 1.807) is 31.2 Å². The predicted octanol–water partition coefficient (Wildman–Crippen LogP) is 1.46. The van der Waals surface area contributed by atoms with Crippen LogP contribution >= 0.6 is 0 Å². The van der Waals surface area contributed by atoms with E-state index >= 15 is 0 Å². The number of primary sulfonamides is 1. The summed E-state index contributed by atoms with van der Waals surface area (Å²) in [6, 6.07) is 9.53. The zero-order valence-corrected chi connectivity index (χ0v) is 15.1. The summed E-state index contributed by atoms with van der Waals surface area (Å²) in [7, 11) is -3.74. The highest BCUT2D eigenvalue weighted by atomic mass is 32.2. The minimum absolute atomic E-state index is 0.0731. The Bertz CT molecular complexity index is 960. The molecular weight excluding hydrogens is 357 g/mol. The number of sulfonamides is 1. The zero-order valence-electron chi connectivity index (χ0n) is 14.3. The van der Waals surface area contributed by atoms with E-state index in [9.17, 15) is 17.6 Å². The van der Waals surface area contributed by atoms with Gasteiger partial charge in [0.25, 0.3) is 0 Å². The third kappa shape index (κ3) is 4.03. The van der Waals surface area contributed by atoms with E-state index < -0.39 is 10.0 Å². The molecule has 3 N–H and O–H groups in total. The highest BCUT2D eigenvalue weighted by molar-refractivity contribution is 7.89. The number of nitrogens with two attached hydrogens (primary N) is 1. The van der Waals surface area contributed by atoms with Gasteiger partial charge in [0.2, 0.25) is 15.9 Å². The summed E-state index contributed by atoms with van der Waals surface area (Å²) >= 11 is 0. The first kappa shape index (κ1) is 18.3. The molecule has 0 unspecified atom stereocenters. The highest BCUT2D eigenvalue weighted by Crippen LogP contribution is 2.29. The number of anilines is 1. The summed E-state index contributed by atoms with van der Waals surface area (Å²) < 4.78 is 36.4. The predicted molar refractivity (Wildman–Crippen MR) is 96.7 cm³/mol. The van der Waals surface area contributed by atoms with E-state index in [0.29, 0.717) is 24.1 Å². The van der Waals surface area contributed by atoms with Gasteiger partial charge in [0.05, 0.1) is 11.4 Å². The quantitative estimate of drug-likeness (QED) is 0.825. The summed E-state index contributed by atoms with van der Waals surface area (Å²) in [5.74, 6) is -0.481. The van der Waals surface area contributed by atoms with Crippen molar-refractivity contribution >= 4 is 21.6 Å². The van der Waals surface area contributed by atoms with Crippen LogP contribution in [0.1, 0.15) is 16.7 Å². The summed E-state index contributed by atoms with van der Waals surface area (Å²) in [4.78, 5) is 14.2. The normalized spacial score (nSPS) is 13.6. The van der Waals surface area contributed by atoms with Gasteiger partial charge in [-0.05, 0) is 54.3 Å². The van der Waals surface area contributed by atoms with Crippen LogP contribution in [0.2, 0.25) is 0 Å². The molecule has 0 bridgehead atoms. The van der Waals surface area contributed by atoms with Crippen molar-refractivity contribution in [2.24, 2.45) is 5.14 Å². The lowest BCUT2D eigenvalue weighted by molar-refractivity contribution is -0.119. The molecule has 0 radical (unpaired) electrons. The number of nitrogens with zero attached hydrogens (tertiary/aromatic N) is 1. The van der Waals surface area contributed by atoms with Gasteiger partial charge in [0, 0.05) is 18.8 Å². The second kappa shape index (κ2) is 7.05. The molecule has 1 aliphatic rings. The van der Waals surface area contributed by atoms with E-state index in [2.05, 4.69) is 5.32 Å². The molecule has 26 heavy (non-hydrogen) atoms. The Labute approximate surface area is 151 Å². The van der Waals surface area contributed by atoms with Crippen molar-refractivity contribution in [3.63, 3.8) is 0 Å². The highest BCUT2D eigenvalue weighted by Gasteiger charge is 2.23. The number of carbonyl (C=O) groups excluding carboxylic acids is 1. The molecule has 1 heterocycles. The first-order valence-electron chi connectivity index (χ1n) is 8.16. The molecule has 6 nitrogen and oxygen atoms in total. The Hall–Kier alpha value is -2.45. The van der Waals surface area contributed by atoms with Crippen LogP contribution in [0.5, 0.6) is 0 Å². The minimum atomic E-state index is -3.74. The van der Waals surface area contributed by atoms with E-state index in [0.717, 1.165) is 11.3 Å². The van der Waals surface area contributed by atoms with Gasteiger partial charge >= 0.3 is 0 Å². The topological polar surface area (TPSA) is 92.5 Å². The van der Waals surface area contributed by atoms with Gasteiger partial charge in [-0.25, -0.2) is 17.9 Å². The minimum Gasteiger partial charge on any atom is -0.362 e. The van der Waals surface area contributed by atoms with E-state index in [1.807, 2.05) is 4.90 Å². The van der Waals surface area contributed by atoms with Crippen molar-refractivity contribution in [2.75, 3.05) is 18.0 Å². The Morgan fingerprint density at radius 3 is 2.73 bits per heavy atom. The number of hydrogen-bond donors (Lipinski definition) is 2. The number of amides is 1. The van der Waals surface area contributed by atoms with Crippen LogP contribution in [0.3, 0.4) is 0 Å². The molecule has 0 saturated heterocycles. The van der Waals surface area contributed by atoms with Crippen LogP contribution in [-0.4, -0.2) is 27.4 Å². The van der Waals surface area contributed by atoms with E-state index in [4.69, 9.17) is 5.14 Å². The molecule has 0 atom stereocenters. The standard InChI is InChI=1S/C18H20FN3O3S/c1-12-2-3-13(8-16(12)19)10-21-18(23)11-22-7-6-14-9-15(26(20,24)25)4-5-17(14)22/h2-5,8-9H,6-7,10-11H2,1H3,(H,21,23)(H2,20,24,25). The maximum absolute atomic E-state index is 13.5. The van der Waals surface area contributed by atoms with Crippen molar-refractivity contribution in [3.05, 3.63) is 58.9 Å². The lowest BCUT2D eigenvalue weighted by Gasteiger charge is -2.19. The molecule has 0 fully saturated rings. The molecule has 0 aromatic heterocycles. The van der Waals surface area contributed by atoms with E-state index in [1.165, 1.54) is 12.1 Å². The van der Waals surface area contributed by atoms with Crippen molar-refractivity contribution in [2.45, 2.75) is 24.8 Å². The van der Waals surface area contributed by atoms with E-state index in [-0.39, 0.29) is 29.7 Å². The zero-order chi connectivity index (χ0) is 18.9. The van der Waals surface area contributed by atoms with Gasteiger partial charge in [-0.1, -0.05) is 12.1 Å². The van der Waals surface area contributed by atoms with Crippen LogP contribution in [0, 0.1) is 12.7 Å². The summed E-state index contributed by atoms with van der Waals surface area (Å²) in [5, 5.41) is 7.92. The number of hydrogen-bond acceptors (Lipinski definition) is 4. The van der Waals surface area contributed by atoms with Crippen molar-refractivity contribution in [1.29, 1.82) is 0 Å². The average molecular weight is 377 g/mol. The number of aryl methyl sites for hydroxylation is 1. The van der Waals surface area contributed by atoms with Crippen LogP contribution in [-0.2, 0) is 27.8 Å². The van der Waals surface area contributed by atoms with Crippen molar-refractivity contribution < 1.29 is 17.6 Å². The Morgan fingerprint density at radius 1 is 1.27 bits per heavy atom. The second-order valence-corrected chi connectivity index (χ2v) is 7.93. The number of halogens is 1. The molecule has 2 aromatic carbocycles. The largest absolute Gasteiger partial charge is 0.362 e. The van der Waals surface area contributed by atoms with Crippen molar-refractivity contribution in [1.82, 2.24) is 5.32 Å². The fraction of sp³-hybridized carbons (Fsp3) is 0.278. The molecule has 0 saturated carbocycles. The molecular formula is C18H20FN3O3S. The van der Waals surface area contributed by atoms with Crippen LogP contribution < -0.4 is 15.4 Å². The number of benzene rings is 2. The third-order valence-corrected chi connectivity index (χ3v) is 5.34. The summed E-state index contributed by atoms with van der Waals surface area (Å²) in [6.07, 6.45) is 0.648. The first-order valence-corrected chi connectivity index (χ1v) is 9.71. The monoisotopic (exact) mass is 377 g/mol. The van der Waals surface area contributed by atoms with Gasteiger partial charge in [0.15, 0.2) is 0 Å². The molecule has 0 spiro atoms. The molecule has 0 aliphatic carbocycles. The number of nitrogens with one attached hydrogen (secondary N) is 1. The number of carbonyl (C=O) groups is 1. The Balaban J connectivity index is 1.62. The van der Waals surface area contributed by atoms with Gasteiger partial charge < -0.3 is 10.2 Å². The lowest BCUT2D eigenvalue weighted by atomic mass is 10.1. The molecule has 3 rings (SSSR count). The lowest BCUT2D eigenvalue weighted by Crippen LogP contribution is -2.36. The molecule has 2 aromatic rings. The Morgan fingerprint density at radius 2 is 2.04 bits per heavy atom. The third-order valence-electron chi connectivity index (χ3n) is 4.43. The maximum atomic E-state index is 13.5. The summed E-state index contributed by atoms with van der Waals surface area (Å²) in [5.41, 5.74) is 2.94. The Kier molecular flexibility index (Phi) is 4.97. The average Bonchev–Trinajstić information content (AvgIpc) is 2.97.